The van der Waals surface area contributed by atoms with Gasteiger partial charge in [0.2, 0.25) is 0 Å². The van der Waals surface area contributed by atoms with Crippen molar-refractivity contribution in [3.63, 3.8) is 0 Å². The molecule has 98 valence electrons. The summed E-state index contributed by atoms with van der Waals surface area (Å²) in [6, 6.07) is 12.2. The van der Waals surface area contributed by atoms with E-state index in [-0.39, 0.29) is 5.56 Å². The number of benzene rings is 2. The zero-order valence-electron chi connectivity index (χ0n) is 10.1. The molecule has 4 N–H and O–H groups in total. The third kappa shape index (κ3) is 3.39. The van der Waals surface area contributed by atoms with Gasteiger partial charge in [-0.1, -0.05) is 23.7 Å². The van der Waals surface area contributed by atoms with Gasteiger partial charge in [-0.2, -0.15) is 0 Å². The number of ether oxygens (including phenoxy) is 1. The number of nitrogen functional groups attached to an aromatic ring is 1. The molecule has 0 aliphatic rings. The molecule has 19 heavy (non-hydrogen) atoms. The van der Waals surface area contributed by atoms with Gasteiger partial charge in [0.15, 0.2) is 0 Å². The molecule has 0 heterocycles. The van der Waals surface area contributed by atoms with Crippen molar-refractivity contribution >= 4 is 23.2 Å². The predicted octanol–water partition coefficient (Wildman–Crippen LogP) is 2.60. The van der Waals surface area contributed by atoms with Crippen molar-refractivity contribution in [3.05, 3.63) is 58.6 Å². The Kier molecular flexibility index (Phi) is 3.92. The van der Waals surface area contributed by atoms with Crippen LogP contribution in [0.4, 0.5) is 5.69 Å². The molecular weight excluding hydrogens is 264 g/mol. The number of halogens is 1. The van der Waals surface area contributed by atoms with Crippen LogP contribution < -0.4 is 16.2 Å². The molecular formula is C14H13ClN2O2. The Balaban J connectivity index is 2.12. The van der Waals surface area contributed by atoms with Crippen LogP contribution in [-0.2, 0) is 6.61 Å². The highest BCUT2D eigenvalue weighted by Gasteiger charge is 2.07. The van der Waals surface area contributed by atoms with Gasteiger partial charge in [0.05, 0.1) is 5.56 Å². The van der Waals surface area contributed by atoms with Crippen molar-refractivity contribution in [1.82, 2.24) is 0 Å². The standard InChI is InChI=1S/C14H13ClN2O2/c15-10-3-1-2-9(6-10)8-19-11-4-5-13(16)12(7-11)14(17)18/h1-7H,8,16H2,(H2,17,18). The lowest BCUT2D eigenvalue weighted by Crippen LogP contribution is -2.13. The largest absolute Gasteiger partial charge is 0.489 e. The fourth-order valence-electron chi connectivity index (χ4n) is 1.63. The van der Waals surface area contributed by atoms with Crippen LogP contribution in [-0.4, -0.2) is 5.91 Å². The lowest BCUT2D eigenvalue weighted by Gasteiger charge is -2.09. The second-order valence-corrected chi connectivity index (χ2v) is 4.47. The first-order valence-electron chi connectivity index (χ1n) is 5.63. The number of amides is 1. The molecule has 0 saturated carbocycles. The average Bonchev–Trinajstić information content (AvgIpc) is 2.37. The maximum absolute atomic E-state index is 11.2. The van der Waals surface area contributed by atoms with Gasteiger partial charge in [-0.15, -0.1) is 0 Å². The summed E-state index contributed by atoms with van der Waals surface area (Å²) in [6.07, 6.45) is 0. The topological polar surface area (TPSA) is 78.3 Å². The van der Waals surface area contributed by atoms with E-state index in [4.69, 9.17) is 27.8 Å². The van der Waals surface area contributed by atoms with E-state index in [0.29, 0.717) is 23.1 Å². The molecule has 2 aromatic rings. The van der Waals surface area contributed by atoms with E-state index >= 15 is 0 Å². The van der Waals surface area contributed by atoms with Crippen LogP contribution in [0.25, 0.3) is 0 Å². The van der Waals surface area contributed by atoms with Gasteiger partial charge >= 0.3 is 0 Å². The van der Waals surface area contributed by atoms with Gasteiger partial charge in [-0.3, -0.25) is 4.79 Å². The minimum atomic E-state index is -0.578. The van der Waals surface area contributed by atoms with Gasteiger partial charge in [0.25, 0.3) is 5.91 Å². The number of carbonyl (C=O) groups is 1. The summed E-state index contributed by atoms with van der Waals surface area (Å²) in [4.78, 5) is 11.2. The molecule has 0 bridgehead atoms. The first kappa shape index (κ1) is 13.2. The molecule has 5 heteroatoms. The van der Waals surface area contributed by atoms with Crippen molar-refractivity contribution < 1.29 is 9.53 Å². The Morgan fingerprint density at radius 2 is 2.00 bits per heavy atom. The summed E-state index contributed by atoms with van der Waals surface area (Å²) in [5, 5.41) is 0.649. The minimum absolute atomic E-state index is 0.253. The van der Waals surface area contributed by atoms with E-state index < -0.39 is 5.91 Å². The highest BCUT2D eigenvalue weighted by Crippen LogP contribution is 2.21. The molecule has 0 radical (unpaired) electrons. The Morgan fingerprint density at radius 1 is 1.21 bits per heavy atom. The monoisotopic (exact) mass is 276 g/mol. The highest BCUT2D eigenvalue weighted by atomic mass is 35.5. The average molecular weight is 277 g/mol. The summed E-state index contributed by atoms with van der Waals surface area (Å²) >= 11 is 5.88. The number of rotatable bonds is 4. The molecule has 2 rings (SSSR count). The molecule has 1 amide bonds. The van der Waals surface area contributed by atoms with Crippen LogP contribution in [0.3, 0.4) is 0 Å². The van der Waals surface area contributed by atoms with Gasteiger partial charge in [-0.25, -0.2) is 0 Å². The molecule has 0 aliphatic heterocycles. The van der Waals surface area contributed by atoms with Gasteiger partial charge < -0.3 is 16.2 Å². The number of hydrogen-bond acceptors (Lipinski definition) is 3. The number of primary amides is 1. The predicted molar refractivity (Wildman–Crippen MR) is 75.2 cm³/mol. The number of nitrogens with two attached hydrogens (primary N) is 2. The summed E-state index contributed by atoms with van der Waals surface area (Å²) in [7, 11) is 0. The normalized spacial score (nSPS) is 10.2. The maximum Gasteiger partial charge on any atom is 0.250 e. The van der Waals surface area contributed by atoms with E-state index in [0.717, 1.165) is 5.56 Å². The molecule has 4 nitrogen and oxygen atoms in total. The lowest BCUT2D eigenvalue weighted by atomic mass is 10.1. The SMILES string of the molecule is NC(=O)c1cc(OCc2cccc(Cl)c2)ccc1N. The van der Waals surface area contributed by atoms with E-state index in [1.165, 1.54) is 6.07 Å². The fourth-order valence-corrected chi connectivity index (χ4v) is 1.84. The molecule has 0 aliphatic carbocycles. The quantitative estimate of drug-likeness (QED) is 0.843. The number of hydrogen-bond donors (Lipinski definition) is 2. The molecule has 0 aromatic heterocycles. The zero-order chi connectivity index (χ0) is 13.8. The third-order valence-electron chi connectivity index (χ3n) is 2.58. The van der Waals surface area contributed by atoms with E-state index in [1.807, 2.05) is 18.2 Å². The van der Waals surface area contributed by atoms with Gasteiger partial charge in [-0.05, 0) is 35.9 Å². The van der Waals surface area contributed by atoms with E-state index in [2.05, 4.69) is 0 Å². The van der Waals surface area contributed by atoms with Crippen molar-refractivity contribution in [2.75, 3.05) is 5.73 Å². The second kappa shape index (κ2) is 5.63. The fraction of sp³-hybridized carbons (Fsp3) is 0.0714. The lowest BCUT2D eigenvalue weighted by molar-refractivity contribution is 0.100. The van der Waals surface area contributed by atoms with Crippen LogP contribution in [0.2, 0.25) is 5.02 Å². The Labute approximate surface area is 115 Å². The van der Waals surface area contributed by atoms with Crippen molar-refractivity contribution in [2.45, 2.75) is 6.61 Å². The number of carbonyl (C=O) groups excluding carboxylic acids is 1. The molecule has 0 atom stereocenters. The van der Waals surface area contributed by atoms with Crippen LogP contribution in [0, 0.1) is 0 Å². The van der Waals surface area contributed by atoms with E-state index in [1.54, 1.807) is 18.2 Å². The minimum Gasteiger partial charge on any atom is -0.489 e. The Bertz CT molecular complexity index is 614. The van der Waals surface area contributed by atoms with E-state index in [9.17, 15) is 4.79 Å². The van der Waals surface area contributed by atoms with Gasteiger partial charge in [0, 0.05) is 10.7 Å². The first-order chi connectivity index (χ1) is 9.06. The van der Waals surface area contributed by atoms with Crippen LogP contribution in [0.1, 0.15) is 15.9 Å². The van der Waals surface area contributed by atoms with Crippen molar-refractivity contribution in [1.29, 1.82) is 0 Å². The van der Waals surface area contributed by atoms with Crippen LogP contribution in [0.5, 0.6) is 5.75 Å². The van der Waals surface area contributed by atoms with Gasteiger partial charge in [0.1, 0.15) is 12.4 Å². The smallest absolute Gasteiger partial charge is 0.250 e. The Morgan fingerprint density at radius 3 is 2.68 bits per heavy atom. The molecule has 2 aromatic carbocycles. The molecule has 0 saturated heterocycles. The highest BCUT2D eigenvalue weighted by molar-refractivity contribution is 6.30. The van der Waals surface area contributed by atoms with Crippen molar-refractivity contribution in [2.24, 2.45) is 5.73 Å². The summed E-state index contributed by atoms with van der Waals surface area (Å²) < 4.78 is 5.57. The maximum atomic E-state index is 11.2. The van der Waals surface area contributed by atoms with Crippen LogP contribution in [0.15, 0.2) is 42.5 Å². The Hall–Kier alpha value is -2.20. The number of anilines is 1. The molecule has 0 spiro atoms. The first-order valence-corrected chi connectivity index (χ1v) is 6.00. The summed E-state index contributed by atoms with van der Waals surface area (Å²) in [5.41, 5.74) is 12.4. The molecule has 0 unspecified atom stereocenters. The summed E-state index contributed by atoms with van der Waals surface area (Å²) in [6.45, 7) is 0.350. The van der Waals surface area contributed by atoms with Crippen LogP contribution >= 0.6 is 11.6 Å². The summed E-state index contributed by atoms with van der Waals surface area (Å²) in [5.74, 6) is -0.0475. The third-order valence-corrected chi connectivity index (χ3v) is 2.82. The molecule has 0 fully saturated rings. The second-order valence-electron chi connectivity index (χ2n) is 4.03. The van der Waals surface area contributed by atoms with Crippen molar-refractivity contribution in [3.8, 4) is 5.75 Å². The zero-order valence-corrected chi connectivity index (χ0v) is 10.9.